The Labute approximate surface area is 117 Å². The lowest BCUT2D eigenvalue weighted by molar-refractivity contribution is -0.121. The lowest BCUT2D eigenvalue weighted by atomic mass is 9.99. The molecule has 1 aromatic carbocycles. The maximum absolute atomic E-state index is 12.4. The predicted molar refractivity (Wildman–Crippen MR) is 69.3 cm³/mol. The minimum Gasteiger partial charge on any atom is -0.379 e. The van der Waals surface area contributed by atoms with Gasteiger partial charge in [0.15, 0.2) is 0 Å². The molecule has 1 aromatic rings. The summed E-state index contributed by atoms with van der Waals surface area (Å²) in [5.74, 6) is -0.537. The number of halogens is 3. The van der Waals surface area contributed by atoms with Crippen molar-refractivity contribution in [3.63, 3.8) is 0 Å². The largest absolute Gasteiger partial charge is 0.446 e. The number of ether oxygens (including phenoxy) is 1. The van der Waals surface area contributed by atoms with Crippen LogP contribution in [0.1, 0.15) is 6.42 Å². The number of alkyl halides is 3. The lowest BCUT2D eigenvalue weighted by Gasteiger charge is -2.21. The Morgan fingerprint density at radius 1 is 1.40 bits per heavy atom. The number of nitrogens with one attached hydrogen (secondary N) is 1. The molecule has 1 saturated heterocycles. The molecule has 1 unspecified atom stereocenters. The second-order valence-corrected chi connectivity index (χ2v) is 5.56. The molecule has 0 radical (unpaired) electrons. The summed E-state index contributed by atoms with van der Waals surface area (Å²) in [6.45, 7) is 0.427. The summed E-state index contributed by atoms with van der Waals surface area (Å²) in [5.41, 5.74) is 0.352. The average molecular weight is 306 g/mol. The summed E-state index contributed by atoms with van der Waals surface area (Å²) in [6, 6.07) is 5.72. The smallest absolute Gasteiger partial charge is 0.379 e. The van der Waals surface area contributed by atoms with Crippen LogP contribution in [0.15, 0.2) is 29.2 Å². The van der Waals surface area contributed by atoms with Crippen molar-refractivity contribution in [2.24, 2.45) is 5.73 Å². The molecule has 1 aliphatic heterocycles. The van der Waals surface area contributed by atoms with E-state index >= 15 is 0 Å². The number of hydrogen-bond acceptors (Lipinski definition) is 4. The molecule has 1 fully saturated rings. The van der Waals surface area contributed by atoms with Gasteiger partial charge in [-0.25, -0.2) is 0 Å². The summed E-state index contributed by atoms with van der Waals surface area (Å²) >= 11 is -0.276. The molecule has 0 aliphatic carbocycles. The number of hydrogen-bond donors (Lipinski definition) is 2. The fourth-order valence-electron chi connectivity index (χ4n) is 1.79. The highest BCUT2D eigenvalue weighted by Crippen LogP contribution is 2.40. The van der Waals surface area contributed by atoms with Crippen LogP contribution in [0.25, 0.3) is 0 Å². The Kier molecular flexibility index (Phi) is 4.26. The summed E-state index contributed by atoms with van der Waals surface area (Å²) < 4.78 is 42.4. The number of nitrogens with two attached hydrogens (primary N) is 1. The summed E-state index contributed by atoms with van der Waals surface area (Å²) in [5, 5.41) is 2.45. The summed E-state index contributed by atoms with van der Waals surface area (Å²) in [7, 11) is 0. The zero-order valence-corrected chi connectivity index (χ0v) is 11.2. The van der Waals surface area contributed by atoms with E-state index in [9.17, 15) is 18.0 Å². The highest BCUT2D eigenvalue weighted by atomic mass is 32.2. The van der Waals surface area contributed by atoms with Crippen LogP contribution in [-0.2, 0) is 9.53 Å². The number of carbonyl (C=O) groups excluding carboxylic acids is 1. The fourth-order valence-corrected chi connectivity index (χ4v) is 2.42. The van der Waals surface area contributed by atoms with E-state index in [0.717, 1.165) is 0 Å². The van der Waals surface area contributed by atoms with Crippen molar-refractivity contribution in [2.75, 3.05) is 18.5 Å². The van der Waals surface area contributed by atoms with Crippen molar-refractivity contribution in [2.45, 2.75) is 22.4 Å². The Hall–Kier alpha value is -1.25. The predicted octanol–water partition coefficient (Wildman–Crippen LogP) is 2.35. The van der Waals surface area contributed by atoms with Gasteiger partial charge in [0.25, 0.3) is 0 Å². The van der Waals surface area contributed by atoms with E-state index in [1.54, 1.807) is 6.07 Å². The van der Waals surface area contributed by atoms with Gasteiger partial charge in [-0.2, -0.15) is 13.2 Å². The van der Waals surface area contributed by atoms with E-state index in [1.165, 1.54) is 18.2 Å². The van der Waals surface area contributed by atoms with Gasteiger partial charge in [-0.3, -0.25) is 4.79 Å². The molecular formula is C12H13F3N2O2S. The van der Waals surface area contributed by atoms with Gasteiger partial charge in [0.05, 0.1) is 12.3 Å². The van der Waals surface area contributed by atoms with Gasteiger partial charge in [-0.05, 0) is 30.3 Å². The van der Waals surface area contributed by atoms with Gasteiger partial charge in [-0.15, -0.1) is 0 Å². The van der Waals surface area contributed by atoms with E-state index < -0.39 is 17.0 Å². The zero-order chi connectivity index (χ0) is 14.8. The fraction of sp³-hybridized carbons (Fsp3) is 0.417. The van der Waals surface area contributed by atoms with Crippen molar-refractivity contribution in [3.8, 4) is 0 Å². The Balaban J connectivity index is 2.15. The summed E-state index contributed by atoms with van der Waals surface area (Å²) in [6.07, 6.45) is 0.341. The SMILES string of the molecule is NC1(C(=O)Nc2ccccc2SC(F)(F)F)CCOC1. The van der Waals surface area contributed by atoms with Crippen molar-refractivity contribution in [1.82, 2.24) is 0 Å². The number of carbonyl (C=O) groups is 1. The summed E-state index contributed by atoms with van der Waals surface area (Å²) in [4.78, 5) is 12.0. The zero-order valence-electron chi connectivity index (χ0n) is 10.4. The van der Waals surface area contributed by atoms with Gasteiger partial charge in [0.1, 0.15) is 5.54 Å². The maximum Gasteiger partial charge on any atom is 0.446 e. The number of amides is 1. The van der Waals surface area contributed by atoms with E-state index in [2.05, 4.69) is 5.32 Å². The first-order valence-electron chi connectivity index (χ1n) is 5.83. The average Bonchev–Trinajstić information content (AvgIpc) is 2.78. The van der Waals surface area contributed by atoms with Gasteiger partial charge >= 0.3 is 5.51 Å². The molecule has 8 heteroatoms. The molecule has 1 atom stereocenters. The van der Waals surface area contributed by atoms with E-state index in [0.29, 0.717) is 13.0 Å². The van der Waals surface area contributed by atoms with E-state index in [-0.39, 0.29) is 29.0 Å². The molecule has 2 rings (SSSR count). The Morgan fingerprint density at radius 3 is 2.70 bits per heavy atom. The topological polar surface area (TPSA) is 64.4 Å². The molecule has 0 aromatic heterocycles. The molecule has 1 amide bonds. The Bertz CT molecular complexity index is 502. The van der Waals surface area contributed by atoms with Crippen molar-refractivity contribution < 1.29 is 22.7 Å². The van der Waals surface area contributed by atoms with Crippen LogP contribution in [0.5, 0.6) is 0 Å². The van der Waals surface area contributed by atoms with E-state index in [1.807, 2.05) is 0 Å². The molecule has 4 nitrogen and oxygen atoms in total. The van der Waals surface area contributed by atoms with Crippen LogP contribution in [-0.4, -0.2) is 30.2 Å². The first-order chi connectivity index (χ1) is 9.30. The van der Waals surface area contributed by atoms with Gasteiger partial charge < -0.3 is 15.8 Å². The van der Waals surface area contributed by atoms with Crippen LogP contribution in [0.3, 0.4) is 0 Å². The lowest BCUT2D eigenvalue weighted by Crippen LogP contribution is -2.51. The van der Waals surface area contributed by atoms with Crippen LogP contribution >= 0.6 is 11.8 Å². The van der Waals surface area contributed by atoms with Gasteiger partial charge in [0.2, 0.25) is 5.91 Å². The second kappa shape index (κ2) is 5.63. The third-order valence-corrected chi connectivity index (χ3v) is 3.67. The molecule has 110 valence electrons. The number of benzene rings is 1. The monoisotopic (exact) mass is 306 g/mol. The number of thioether (sulfide) groups is 1. The van der Waals surface area contributed by atoms with Crippen molar-refractivity contribution in [3.05, 3.63) is 24.3 Å². The van der Waals surface area contributed by atoms with Crippen LogP contribution in [0.2, 0.25) is 0 Å². The number of rotatable bonds is 3. The maximum atomic E-state index is 12.4. The Morgan fingerprint density at radius 2 is 2.10 bits per heavy atom. The number of para-hydroxylation sites is 1. The highest BCUT2D eigenvalue weighted by Gasteiger charge is 2.39. The van der Waals surface area contributed by atoms with Gasteiger partial charge in [0, 0.05) is 11.5 Å². The highest BCUT2D eigenvalue weighted by molar-refractivity contribution is 8.00. The molecule has 0 bridgehead atoms. The number of anilines is 1. The molecule has 1 aliphatic rings. The van der Waals surface area contributed by atoms with Crippen molar-refractivity contribution in [1.29, 1.82) is 0 Å². The molecule has 0 spiro atoms. The third-order valence-electron chi connectivity index (χ3n) is 2.87. The normalized spacial score (nSPS) is 22.8. The quantitative estimate of drug-likeness (QED) is 0.842. The first-order valence-corrected chi connectivity index (χ1v) is 6.65. The standard InChI is InChI=1S/C12H13F3N2O2S/c13-12(14,15)20-9-4-2-1-3-8(9)17-10(18)11(16)5-6-19-7-11/h1-4H,5-7,16H2,(H,17,18). The minimum absolute atomic E-state index is 0.0629. The van der Waals surface area contributed by atoms with Gasteiger partial charge in [-0.1, -0.05) is 12.1 Å². The third kappa shape index (κ3) is 3.65. The first kappa shape index (κ1) is 15.1. The second-order valence-electron chi connectivity index (χ2n) is 4.46. The van der Waals surface area contributed by atoms with Crippen LogP contribution in [0, 0.1) is 0 Å². The van der Waals surface area contributed by atoms with E-state index in [4.69, 9.17) is 10.5 Å². The molecule has 20 heavy (non-hydrogen) atoms. The molecular weight excluding hydrogens is 293 g/mol. The molecule has 0 saturated carbocycles. The minimum atomic E-state index is -4.42. The van der Waals surface area contributed by atoms with Crippen LogP contribution in [0.4, 0.5) is 18.9 Å². The van der Waals surface area contributed by atoms with Crippen molar-refractivity contribution >= 4 is 23.4 Å². The molecule has 1 heterocycles. The molecule has 3 N–H and O–H groups in total. The van der Waals surface area contributed by atoms with Crippen LogP contribution < -0.4 is 11.1 Å².